The fourth-order valence-electron chi connectivity index (χ4n) is 2.68. The maximum absolute atomic E-state index is 12.1. The SMILES string of the molecule is CCOC(=O)c1cc(-c2ccc(S(C)(=O)=O)cc2)n(-c2ccc([N+](=O)[O-])cc2)n1. The summed E-state index contributed by atoms with van der Waals surface area (Å²) in [7, 11) is -3.35. The Bertz CT molecular complexity index is 1170. The molecule has 1 heterocycles. The number of benzene rings is 2. The Morgan fingerprint density at radius 3 is 2.28 bits per heavy atom. The fraction of sp³-hybridized carbons (Fsp3) is 0.158. The normalized spacial score (nSPS) is 11.2. The number of carbonyl (C=O) groups is 1. The van der Waals surface area contributed by atoms with Gasteiger partial charge in [0.05, 0.1) is 27.8 Å². The van der Waals surface area contributed by atoms with E-state index in [1.807, 2.05) is 0 Å². The molecule has 3 aromatic rings. The summed E-state index contributed by atoms with van der Waals surface area (Å²) in [6, 6.07) is 13.3. The molecule has 29 heavy (non-hydrogen) atoms. The summed E-state index contributed by atoms with van der Waals surface area (Å²) in [5.41, 5.74) is 1.59. The number of carbonyl (C=O) groups excluding carboxylic acids is 1. The first kappa shape index (κ1) is 20.2. The molecule has 0 atom stereocenters. The van der Waals surface area contributed by atoms with Gasteiger partial charge in [0.15, 0.2) is 15.5 Å². The van der Waals surface area contributed by atoms with E-state index in [-0.39, 0.29) is 22.9 Å². The lowest BCUT2D eigenvalue weighted by molar-refractivity contribution is -0.384. The maximum atomic E-state index is 12.1. The molecule has 0 radical (unpaired) electrons. The van der Waals surface area contributed by atoms with Crippen LogP contribution in [0, 0.1) is 10.1 Å². The van der Waals surface area contributed by atoms with Crippen molar-refractivity contribution in [1.29, 1.82) is 0 Å². The van der Waals surface area contributed by atoms with E-state index in [1.165, 1.54) is 47.1 Å². The molecule has 2 aromatic carbocycles. The van der Waals surface area contributed by atoms with Crippen molar-refractivity contribution < 1.29 is 22.9 Å². The Morgan fingerprint density at radius 2 is 1.76 bits per heavy atom. The lowest BCUT2D eigenvalue weighted by Gasteiger charge is -2.08. The van der Waals surface area contributed by atoms with E-state index in [4.69, 9.17) is 4.74 Å². The minimum Gasteiger partial charge on any atom is -0.461 e. The van der Waals surface area contributed by atoms with Crippen LogP contribution < -0.4 is 0 Å². The third-order valence-corrected chi connectivity index (χ3v) is 5.21. The number of esters is 1. The van der Waals surface area contributed by atoms with Crippen molar-refractivity contribution in [2.24, 2.45) is 0 Å². The molecular weight excluding hydrogens is 398 g/mol. The van der Waals surface area contributed by atoms with E-state index in [0.717, 1.165) is 6.26 Å². The second-order valence-electron chi connectivity index (χ2n) is 6.12. The van der Waals surface area contributed by atoms with Gasteiger partial charge in [-0.15, -0.1) is 0 Å². The van der Waals surface area contributed by atoms with Gasteiger partial charge in [0.1, 0.15) is 0 Å². The highest BCUT2D eigenvalue weighted by Gasteiger charge is 2.19. The van der Waals surface area contributed by atoms with Crippen molar-refractivity contribution in [2.75, 3.05) is 12.9 Å². The average Bonchev–Trinajstić information content (AvgIpc) is 3.13. The molecule has 0 amide bonds. The molecule has 3 rings (SSSR count). The van der Waals surface area contributed by atoms with Gasteiger partial charge in [-0.25, -0.2) is 17.9 Å². The Balaban J connectivity index is 2.11. The van der Waals surface area contributed by atoms with Gasteiger partial charge in [0, 0.05) is 24.0 Å². The van der Waals surface area contributed by atoms with E-state index in [1.54, 1.807) is 19.1 Å². The van der Waals surface area contributed by atoms with E-state index in [9.17, 15) is 23.3 Å². The van der Waals surface area contributed by atoms with Gasteiger partial charge in [-0.1, -0.05) is 12.1 Å². The zero-order valence-corrected chi connectivity index (χ0v) is 16.4. The summed E-state index contributed by atoms with van der Waals surface area (Å²) < 4.78 is 29.8. The third-order valence-electron chi connectivity index (χ3n) is 4.08. The number of hydrogen-bond donors (Lipinski definition) is 0. The molecule has 150 valence electrons. The number of nitrogens with zero attached hydrogens (tertiary/aromatic N) is 3. The first-order valence-corrected chi connectivity index (χ1v) is 10.4. The van der Waals surface area contributed by atoms with Crippen molar-refractivity contribution in [1.82, 2.24) is 9.78 Å². The predicted molar refractivity (Wildman–Crippen MR) is 105 cm³/mol. The van der Waals surface area contributed by atoms with Crippen LogP contribution >= 0.6 is 0 Å². The highest BCUT2D eigenvalue weighted by molar-refractivity contribution is 7.90. The van der Waals surface area contributed by atoms with Crippen LogP contribution in [0.15, 0.2) is 59.5 Å². The van der Waals surface area contributed by atoms with Gasteiger partial charge < -0.3 is 4.74 Å². The summed E-state index contributed by atoms with van der Waals surface area (Å²) in [5, 5.41) is 15.2. The molecule has 0 unspecified atom stereocenters. The first-order valence-electron chi connectivity index (χ1n) is 8.53. The van der Waals surface area contributed by atoms with Crippen LogP contribution in [0.4, 0.5) is 5.69 Å². The molecule has 10 heteroatoms. The molecule has 0 aliphatic heterocycles. The van der Waals surface area contributed by atoms with Gasteiger partial charge in [0.25, 0.3) is 5.69 Å². The number of hydrogen-bond acceptors (Lipinski definition) is 7. The monoisotopic (exact) mass is 415 g/mol. The lowest BCUT2D eigenvalue weighted by Crippen LogP contribution is -2.07. The first-order chi connectivity index (χ1) is 13.7. The Kier molecular flexibility index (Phi) is 5.46. The standard InChI is InChI=1S/C19H17N3O6S/c1-3-28-19(23)17-12-18(13-4-10-16(11-5-13)29(2,26)27)21(20-17)14-6-8-15(9-7-14)22(24)25/h4-12H,3H2,1-2H3. The molecule has 9 nitrogen and oxygen atoms in total. The predicted octanol–water partition coefficient (Wildman–Crippen LogP) is 3.03. The summed E-state index contributed by atoms with van der Waals surface area (Å²) in [4.78, 5) is 22.7. The summed E-state index contributed by atoms with van der Waals surface area (Å²) >= 11 is 0. The number of sulfone groups is 1. The van der Waals surface area contributed by atoms with Crippen molar-refractivity contribution in [3.05, 3.63) is 70.4 Å². The van der Waals surface area contributed by atoms with Crippen LogP contribution in [0.5, 0.6) is 0 Å². The quantitative estimate of drug-likeness (QED) is 0.344. The maximum Gasteiger partial charge on any atom is 0.358 e. The number of aromatic nitrogens is 2. The van der Waals surface area contributed by atoms with E-state index >= 15 is 0 Å². The second-order valence-corrected chi connectivity index (χ2v) is 8.13. The van der Waals surface area contributed by atoms with Gasteiger partial charge in [-0.3, -0.25) is 10.1 Å². The van der Waals surface area contributed by atoms with Gasteiger partial charge >= 0.3 is 5.97 Å². The molecule has 0 spiro atoms. The Hall–Kier alpha value is -3.53. The summed E-state index contributed by atoms with van der Waals surface area (Å²) in [5.74, 6) is -0.609. The molecular formula is C19H17N3O6S. The van der Waals surface area contributed by atoms with E-state index < -0.39 is 20.7 Å². The van der Waals surface area contributed by atoms with Crippen LogP contribution in [0.3, 0.4) is 0 Å². The average molecular weight is 415 g/mol. The Labute approximate surface area is 166 Å². The molecule has 1 aromatic heterocycles. The number of ether oxygens (including phenoxy) is 1. The number of nitro groups is 1. The number of rotatable bonds is 6. The minimum atomic E-state index is -3.35. The van der Waals surface area contributed by atoms with Crippen LogP contribution in [0.2, 0.25) is 0 Å². The second kappa shape index (κ2) is 7.84. The molecule has 0 saturated carbocycles. The topological polar surface area (TPSA) is 121 Å². The third kappa shape index (κ3) is 4.32. The van der Waals surface area contributed by atoms with E-state index in [0.29, 0.717) is 16.9 Å². The molecule has 0 aliphatic carbocycles. The molecule has 0 saturated heterocycles. The number of non-ortho nitro benzene ring substituents is 1. The molecule has 0 bridgehead atoms. The van der Waals surface area contributed by atoms with Crippen molar-refractivity contribution in [3.63, 3.8) is 0 Å². The lowest BCUT2D eigenvalue weighted by atomic mass is 10.1. The zero-order chi connectivity index (χ0) is 21.2. The largest absolute Gasteiger partial charge is 0.461 e. The van der Waals surface area contributed by atoms with Crippen molar-refractivity contribution >= 4 is 21.5 Å². The van der Waals surface area contributed by atoms with Gasteiger partial charge in [-0.05, 0) is 37.3 Å². The molecule has 0 fully saturated rings. The van der Waals surface area contributed by atoms with Crippen LogP contribution in [0.25, 0.3) is 16.9 Å². The van der Waals surface area contributed by atoms with E-state index in [2.05, 4.69) is 5.10 Å². The van der Waals surface area contributed by atoms with Gasteiger partial charge in [-0.2, -0.15) is 5.10 Å². The highest BCUT2D eigenvalue weighted by atomic mass is 32.2. The van der Waals surface area contributed by atoms with Crippen LogP contribution in [-0.2, 0) is 14.6 Å². The molecule has 0 aliphatic rings. The van der Waals surface area contributed by atoms with Gasteiger partial charge in [0.2, 0.25) is 0 Å². The fourth-order valence-corrected chi connectivity index (χ4v) is 3.31. The summed E-state index contributed by atoms with van der Waals surface area (Å²) in [6.45, 7) is 1.86. The van der Waals surface area contributed by atoms with Crippen molar-refractivity contribution in [2.45, 2.75) is 11.8 Å². The number of nitro benzene ring substituents is 1. The zero-order valence-electron chi connectivity index (χ0n) is 15.6. The highest BCUT2D eigenvalue weighted by Crippen LogP contribution is 2.26. The Morgan fingerprint density at radius 1 is 1.14 bits per heavy atom. The summed E-state index contributed by atoms with van der Waals surface area (Å²) in [6.07, 6.45) is 1.11. The molecule has 0 N–H and O–H groups in total. The van der Waals surface area contributed by atoms with Crippen LogP contribution in [0.1, 0.15) is 17.4 Å². The van der Waals surface area contributed by atoms with Crippen molar-refractivity contribution in [3.8, 4) is 16.9 Å². The minimum absolute atomic E-state index is 0.0624. The smallest absolute Gasteiger partial charge is 0.358 e. The van der Waals surface area contributed by atoms with Crippen LogP contribution in [-0.4, -0.2) is 42.0 Å².